The minimum Gasteiger partial charge on any atom is -0.353 e. The molecule has 0 aliphatic carbocycles. The first kappa shape index (κ1) is 18.0. The lowest BCUT2D eigenvalue weighted by molar-refractivity contribution is -0.111. The molecule has 1 amide bonds. The number of hydrogen-bond acceptors (Lipinski definition) is 2. The van der Waals surface area contributed by atoms with Gasteiger partial charge in [-0.1, -0.05) is 50.2 Å². The molecule has 4 nitrogen and oxygen atoms in total. The second-order valence-corrected chi connectivity index (χ2v) is 6.81. The number of fused-ring (bicyclic) bond motifs is 3. The van der Waals surface area contributed by atoms with Crippen LogP contribution in [0.4, 0.5) is 5.69 Å². The Labute approximate surface area is 164 Å². The molecule has 0 unspecified atom stereocenters. The third-order valence-corrected chi connectivity index (χ3v) is 5.06. The number of hydrogen-bond donors (Lipinski definition) is 2. The number of aromatic nitrogens is 2. The predicted octanol–water partition coefficient (Wildman–Crippen LogP) is 5.49. The molecule has 2 aromatic heterocycles. The Kier molecular flexibility index (Phi) is 4.94. The Hall–Kier alpha value is -3.40. The van der Waals surface area contributed by atoms with E-state index in [0.717, 1.165) is 57.2 Å². The van der Waals surface area contributed by atoms with E-state index in [4.69, 9.17) is 0 Å². The number of H-pyrrole nitrogens is 1. The van der Waals surface area contributed by atoms with Crippen molar-refractivity contribution in [1.29, 1.82) is 0 Å². The van der Waals surface area contributed by atoms with Crippen molar-refractivity contribution >= 4 is 39.5 Å². The van der Waals surface area contributed by atoms with Crippen LogP contribution in [0, 0.1) is 0 Å². The molecule has 4 aromatic rings. The van der Waals surface area contributed by atoms with Gasteiger partial charge in [0.25, 0.3) is 0 Å². The van der Waals surface area contributed by atoms with Crippen LogP contribution in [0.2, 0.25) is 0 Å². The molecular weight excluding hydrogens is 346 g/mol. The number of carbonyl (C=O) groups excluding carboxylic acids is 1. The number of aromatic amines is 1. The second-order valence-electron chi connectivity index (χ2n) is 6.81. The molecule has 0 radical (unpaired) electrons. The molecule has 0 saturated heterocycles. The van der Waals surface area contributed by atoms with Crippen LogP contribution in [0.3, 0.4) is 0 Å². The van der Waals surface area contributed by atoms with E-state index in [1.165, 1.54) is 0 Å². The molecule has 0 bridgehead atoms. The Balaban J connectivity index is 1.59. The van der Waals surface area contributed by atoms with Crippen LogP contribution in [0.1, 0.15) is 30.7 Å². The van der Waals surface area contributed by atoms with Crippen molar-refractivity contribution in [2.45, 2.75) is 26.7 Å². The van der Waals surface area contributed by atoms with Crippen LogP contribution in [-0.4, -0.2) is 15.9 Å². The van der Waals surface area contributed by atoms with Crippen molar-refractivity contribution in [2.75, 3.05) is 5.32 Å². The Morgan fingerprint density at radius 2 is 1.75 bits per heavy atom. The van der Waals surface area contributed by atoms with Gasteiger partial charge in [0.05, 0.1) is 17.4 Å². The zero-order valence-electron chi connectivity index (χ0n) is 16.1. The number of aryl methyl sites for hydroxylation is 2. The van der Waals surface area contributed by atoms with Gasteiger partial charge in [0.15, 0.2) is 0 Å². The maximum Gasteiger partial charge on any atom is 0.248 e. The Morgan fingerprint density at radius 3 is 2.50 bits per heavy atom. The number of amides is 1. The molecule has 0 saturated carbocycles. The summed E-state index contributed by atoms with van der Waals surface area (Å²) in [5, 5.41) is 5.32. The fraction of sp³-hybridized carbons (Fsp3) is 0.167. The number of carbonyl (C=O) groups is 1. The molecular formula is C24H23N3O. The van der Waals surface area contributed by atoms with Gasteiger partial charge >= 0.3 is 0 Å². The topological polar surface area (TPSA) is 57.8 Å². The van der Waals surface area contributed by atoms with E-state index in [1.807, 2.05) is 30.5 Å². The minimum atomic E-state index is -0.142. The van der Waals surface area contributed by atoms with Gasteiger partial charge in [0.2, 0.25) is 5.91 Å². The van der Waals surface area contributed by atoms with E-state index in [1.54, 1.807) is 12.2 Å². The van der Waals surface area contributed by atoms with E-state index in [9.17, 15) is 4.79 Å². The standard InChI is InChI=1S/C24H23N3O/c1-3-16-8-7-9-17(4-2)24(16)27-23(28)13-12-18-14-20-19-10-5-6-11-21(19)26-22(20)15-25-18/h5-15,26H,3-4H2,1-2H3,(H,27,28)/b13-12+. The van der Waals surface area contributed by atoms with E-state index < -0.39 is 0 Å². The number of rotatable bonds is 5. The second kappa shape index (κ2) is 7.69. The smallest absolute Gasteiger partial charge is 0.248 e. The highest BCUT2D eigenvalue weighted by atomic mass is 16.1. The fourth-order valence-electron chi connectivity index (χ4n) is 3.59. The zero-order chi connectivity index (χ0) is 19.5. The summed E-state index contributed by atoms with van der Waals surface area (Å²) in [5.74, 6) is -0.142. The number of nitrogens with zero attached hydrogens (tertiary/aromatic N) is 1. The van der Waals surface area contributed by atoms with Crippen molar-refractivity contribution in [3.05, 3.63) is 77.6 Å². The molecule has 2 heterocycles. The summed E-state index contributed by atoms with van der Waals surface area (Å²) in [6, 6.07) is 16.3. The average Bonchev–Trinajstić information content (AvgIpc) is 3.10. The van der Waals surface area contributed by atoms with Crippen LogP contribution in [0.25, 0.3) is 27.9 Å². The summed E-state index contributed by atoms with van der Waals surface area (Å²) in [4.78, 5) is 20.3. The quantitative estimate of drug-likeness (QED) is 0.457. The largest absolute Gasteiger partial charge is 0.353 e. The number of anilines is 1. The van der Waals surface area contributed by atoms with Crippen LogP contribution < -0.4 is 5.32 Å². The average molecular weight is 369 g/mol. The molecule has 2 N–H and O–H groups in total. The van der Waals surface area contributed by atoms with E-state index >= 15 is 0 Å². The molecule has 0 atom stereocenters. The van der Waals surface area contributed by atoms with E-state index in [-0.39, 0.29) is 5.91 Å². The third kappa shape index (κ3) is 3.41. The Morgan fingerprint density at radius 1 is 1.00 bits per heavy atom. The molecule has 140 valence electrons. The van der Waals surface area contributed by atoms with Gasteiger partial charge in [-0.05, 0) is 42.2 Å². The minimum absolute atomic E-state index is 0.142. The van der Waals surface area contributed by atoms with Gasteiger partial charge in [-0.15, -0.1) is 0 Å². The highest BCUT2D eigenvalue weighted by molar-refractivity contribution is 6.08. The highest BCUT2D eigenvalue weighted by Gasteiger charge is 2.09. The van der Waals surface area contributed by atoms with Crippen molar-refractivity contribution in [3.8, 4) is 0 Å². The summed E-state index contributed by atoms with van der Waals surface area (Å²) >= 11 is 0. The summed E-state index contributed by atoms with van der Waals surface area (Å²) < 4.78 is 0. The lowest BCUT2D eigenvalue weighted by atomic mass is 10.0. The maximum atomic E-state index is 12.5. The van der Waals surface area contributed by atoms with Gasteiger partial charge in [-0.2, -0.15) is 0 Å². The molecule has 0 aliphatic rings. The van der Waals surface area contributed by atoms with Crippen LogP contribution in [0.5, 0.6) is 0 Å². The number of nitrogens with one attached hydrogen (secondary N) is 2. The molecule has 4 heteroatoms. The monoisotopic (exact) mass is 369 g/mol. The summed E-state index contributed by atoms with van der Waals surface area (Å²) in [6.45, 7) is 4.20. The third-order valence-electron chi connectivity index (χ3n) is 5.06. The molecule has 2 aromatic carbocycles. The van der Waals surface area contributed by atoms with Crippen molar-refractivity contribution in [3.63, 3.8) is 0 Å². The lowest BCUT2D eigenvalue weighted by Gasteiger charge is -2.13. The van der Waals surface area contributed by atoms with Gasteiger partial charge in [0, 0.05) is 28.1 Å². The summed E-state index contributed by atoms with van der Waals surface area (Å²) in [6.07, 6.45) is 6.89. The van der Waals surface area contributed by atoms with Crippen molar-refractivity contribution in [1.82, 2.24) is 9.97 Å². The molecule has 4 rings (SSSR count). The SMILES string of the molecule is CCc1cccc(CC)c1NC(=O)/C=C/c1cc2c(cn1)[nH]c1ccccc12. The lowest BCUT2D eigenvalue weighted by Crippen LogP contribution is -2.11. The predicted molar refractivity (Wildman–Crippen MR) is 116 cm³/mol. The van der Waals surface area contributed by atoms with Crippen molar-refractivity contribution < 1.29 is 4.79 Å². The van der Waals surface area contributed by atoms with Crippen molar-refractivity contribution in [2.24, 2.45) is 0 Å². The van der Waals surface area contributed by atoms with E-state index in [2.05, 4.69) is 53.4 Å². The zero-order valence-corrected chi connectivity index (χ0v) is 16.1. The molecule has 0 aliphatic heterocycles. The number of pyridine rings is 1. The van der Waals surface area contributed by atoms with Crippen LogP contribution in [-0.2, 0) is 17.6 Å². The van der Waals surface area contributed by atoms with Gasteiger partial charge in [0.1, 0.15) is 0 Å². The van der Waals surface area contributed by atoms with Crippen LogP contribution in [0.15, 0.2) is 60.8 Å². The number of para-hydroxylation sites is 2. The van der Waals surface area contributed by atoms with Gasteiger partial charge in [-0.3, -0.25) is 9.78 Å². The maximum absolute atomic E-state index is 12.5. The highest BCUT2D eigenvalue weighted by Crippen LogP contribution is 2.25. The first-order valence-electron chi connectivity index (χ1n) is 9.66. The first-order valence-corrected chi connectivity index (χ1v) is 9.66. The summed E-state index contributed by atoms with van der Waals surface area (Å²) in [5.41, 5.74) is 6.07. The Bertz CT molecular complexity index is 1160. The normalized spacial score (nSPS) is 11.5. The molecule has 28 heavy (non-hydrogen) atoms. The number of benzene rings is 2. The molecule has 0 fully saturated rings. The fourth-order valence-corrected chi connectivity index (χ4v) is 3.59. The van der Waals surface area contributed by atoms with Gasteiger partial charge < -0.3 is 10.3 Å². The van der Waals surface area contributed by atoms with Gasteiger partial charge in [-0.25, -0.2) is 0 Å². The van der Waals surface area contributed by atoms with E-state index in [0.29, 0.717) is 0 Å². The van der Waals surface area contributed by atoms with Crippen LogP contribution >= 0.6 is 0 Å². The molecule has 0 spiro atoms. The summed E-state index contributed by atoms with van der Waals surface area (Å²) in [7, 11) is 0. The first-order chi connectivity index (χ1) is 13.7.